The molecule has 0 aliphatic heterocycles. The summed E-state index contributed by atoms with van der Waals surface area (Å²) in [6.45, 7) is 0. The third-order valence-electron chi connectivity index (χ3n) is 2.96. The van der Waals surface area contributed by atoms with E-state index in [-0.39, 0.29) is 5.88 Å². The van der Waals surface area contributed by atoms with Gasteiger partial charge in [0.25, 0.3) is 0 Å². The molecule has 20 heavy (non-hydrogen) atoms. The Morgan fingerprint density at radius 2 is 1.80 bits per heavy atom. The summed E-state index contributed by atoms with van der Waals surface area (Å²) in [6, 6.07) is 14.7. The minimum absolute atomic E-state index is 0.230. The lowest BCUT2D eigenvalue weighted by molar-refractivity contribution is 0.439. The summed E-state index contributed by atoms with van der Waals surface area (Å²) in [4.78, 5) is 0. The normalized spacial score (nSPS) is 10.7. The Bertz CT molecular complexity index is 768. The van der Waals surface area contributed by atoms with Crippen molar-refractivity contribution in [3.05, 3.63) is 58.6 Å². The van der Waals surface area contributed by atoms with Crippen molar-refractivity contribution in [3.63, 3.8) is 0 Å². The number of nitrogens with zero attached hydrogens (tertiary/aromatic N) is 1. The number of halogens is 2. The quantitative estimate of drug-likeness (QED) is 0.732. The number of nitrogens with two attached hydrogens (primary N) is 1. The molecular formula is C15H10Cl2N2O. The van der Waals surface area contributed by atoms with E-state index >= 15 is 0 Å². The highest BCUT2D eigenvalue weighted by atomic mass is 35.5. The van der Waals surface area contributed by atoms with Gasteiger partial charge in [0, 0.05) is 21.2 Å². The van der Waals surface area contributed by atoms with Crippen molar-refractivity contribution in [2.75, 3.05) is 5.73 Å². The monoisotopic (exact) mass is 304 g/mol. The van der Waals surface area contributed by atoms with Gasteiger partial charge in [-0.05, 0) is 18.2 Å². The second-order valence-corrected chi connectivity index (χ2v) is 5.10. The third-order valence-corrected chi connectivity index (χ3v) is 3.52. The molecule has 100 valence electrons. The van der Waals surface area contributed by atoms with Gasteiger partial charge in [-0.25, -0.2) is 0 Å². The van der Waals surface area contributed by atoms with Gasteiger partial charge < -0.3 is 10.3 Å². The molecule has 0 aliphatic carbocycles. The van der Waals surface area contributed by atoms with Crippen LogP contribution in [0, 0.1) is 0 Å². The van der Waals surface area contributed by atoms with Gasteiger partial charge in [0.2, 0.25) is 5.88 Å². The second kappa shape index (κ2) is 5.19. The van der Waals surface area contributed by atoms with Gasteiger partial charge in [0.05, 0.1) is 5.56 Å². The number of hydrogen-bond donors (Lipinski definition) is 1. The summed E-state index contributed by atoms with van der Waals surface area (Å²) < 4.78 is 5.13. The van der Waals surface area contributed by atoms with Crippen LogP contribution in [0.3, 0.4) is 0 Å². The Labute approximate surface area is 125 Å². The highest BCUT2D eigenvalue weighted by Gasteiger charge is 2.19. The van der Waals surface area contributed by atoms with Gasteiger partial charge in [-0.15, -0.1) is 0 Å². The second-order valence-electron chi connectivity index (χ2n) is 4.26. The first-order valence-corrected chi connectivity index (χ1v) is 6.68. The van der Waals surface area contributed by atoms with Gasteiger partial charge in [-0.1, -0.05) is 58.7 Å². The molecule has 3 rings (SSSR count). The average Bonchev–Trinajstić information content (AvgIpc) is 2.81. The van der Waals surface area contributed by atoms with E-state index < -0.39 is 0 Å². The van der Waals surface area contributed by atoms with E-state index in [2.05, 4.69) is 5.16 Å². The Morgan fingerprint density at radius 1 is 1.00 bits per heavy atom. The Balaban J connectivity index is 2.23. The topological polar surface area (TPSA) is 52.0 Å². The van der Waals surface area contributed by atoms with E-state index in [4.69, 9.17) is 33.5 Å². The molecule has 1 aromatic heterocycles. The van der Waals surface area contributed by atoms with Crippen LogP contribution in [-0.2, 0) is 0 Å². The summed E-state index contributed by atoms with van der Waals surface area (Å²) in [5.74, 6) is 0.230. The minimum atomic E-state index is 0.230. The molecule has 3 aromatic rings. The smallest absolute Gasteiger partial charge is 0.230 e. The van der Waals surface area contributed by atoms with E-state index in [0.29, 0.717) is 21.3 Å². The molecule has 0 saturated carbocycles. The van der Waals surface area contributed by atoms with E-state index in [0.717, 1.165) is 11.1 Å². The molecule has 0 saturated heterocycles. The number of hydrogen-bond acceptors (Lipinski definition) is 3. The maximum absolute atomic E-state index is 6.23. The first-order valence-electron chi connectivity index (χ1n) is 5.93. The van der Waals surface area contributed by atoms with Crippen LogP contribution >= 0.6 is 23.2 Å². The molecule has 0 spiro atoms. The van der Waals surface area contributed by atoms with Crippen LogP contribution in [0.15, 0.2) is 53.1 Å². The molecule has 3 nitrogen and oxygen atoms in total. The van der Waals surface area contributed by atoms with Gasteiger partial charge >= 0.3 is 0 Å². The zero-order valence-corrected chi connectivity index (χ0v) is 11.8. The molecule has 1 heterocycles. The van der Waals surface area contributed by atoms with Crippen LogP contribution in [0.2, 0.25) is 10.0 Å². The van der Waals surface area contributed by atoms with Gasteiger partial charge in [-0.2, -0.15) is 0 Å². The Kier molecular flexibility index (Phi) is 3.38. The van der Waals surface area contributed by atoms with Crippen molar-refractivity contribution < 1.29 is 4.52 Å². The van der Waals surface area contributed by atoms with Gasteiger partial charge in [-0.3, -0.25) is 0 Å². The molecule has 0 bridgehead atoms. The molecule has 0 fully saturated rings. The maximum Gasteiger partial charge on any atom is 0.230 e. The van der Waals surface area contributed by atoms with Crippen LogP contribution in [0.5, 0.6) is 0 Å². The third kappa shape index (κ3) is 2.26. The molecule has 2 N–H and O–H groups in total. The molecule has 0 aliphatic rings. The SMILES string of the molecule is Nc1onc(-c2cccc(Cl)c2)c1-c1ccccc1Cl. The van der Waals surface area contributed by atoms with Crippen molar-refractivity contribution in [2.45, 2.75) is 0 Å². The number of benzene rings is 2. The molecule has 0 radical (unpaired) electrons. The first kappa shape index (κ1) is 13.0. The number of nitrogen functional groups attached to an aromatic ring is 1. The lowest BCUT2D eigenvalue weighted by Crippen LogP contribution is -1.88. The molecular weight excluding hydrogens is 295 g/mol. The minimum Gasteiger partial charge on any atom is -0.367 e. The summed E-state index contributed by atoms with van der Waals surface area (Å²) in [5, 5.41) is 5.24. The van der Waals surface area contributed by atoms with Crippen molar-refractivity contribution >= 4 is 29.1 Å². The van der Waals surface area contributed by atoms with Crippen molar-refractivity contribution in [3.8, 4) is 22.4 Å². The van der Waals surface area contributed by atoms with Gasteiger partial charge in [0.15, 0.2) is 0 Å². The van der Waals surface area contributed by atoms with Crippen LogP contribution in [0.1, 0.15) is 0 Å². The van der Waals surface area contributed by atoms with Crippen LogP contribution < -0.4 is 5.73 Å². The highest BCUT2D eigenvalue weighted by molar-refractivity contribution is 6.33. The van der Waals surface area contributed by atoms with Crippen molar-refractivity contribution in [2.24, 2.45) is 0 Å². The van der Waals surface area contributed by atoms with E-state index in [9.17, 15) is 0 Å². The Morgan fingerprint density at radius 3 is 2.55 bits per heavy atom. The fourth-order valence-corrected chi connectivity index (χ4v) is 2.48. The predicted octanol–water partition coefficient (Wildman–Crippen LogP) is 4.90. The van der Waals surface area contributed by atoms with Crippen molar-refractivity contribution in [1.82, 2.24) is 5.16 Å². The number of anilines is 1. The van der Waals surface area contributed by atoms with Crippen LogP contribution in [0.4, 0.5) is 5.88 Å². The first-order chi connectivity index (χ1) is 9.66. The van der Waals surface area contributed by atoms with E-state index in [1.165, 1.54) is 0 Å². The van der Waals surface area contributed by atoms with Crippen LogP contribution in [-0.4, -0.2) is 5.16 Å². The fraction of sp³-hybridized carbons (Fsp3) is 0. The highest BCUT2D eigenvalue weighted by Crippen LogP contribution is 2.39. The fourth-order valence-electron chi connectivity index (χ4n) is 2.06. The van der Waals surface area contributed by atoms with Crippen molar-refractivity contribution in [1.29, 1.82) is 0 Å². The molecule has 5 heteroatoms. The standard InChI is InChI=1S/C15H10Cl2N2O/c16-10-5-3-4-9(8-10)14-13(15(18)20-19-14)11-6-1-2-7-12(11)17/h1-8H,18H2. The lowest BCUT2D eigenvalue weighted by atomic mass is 10.0. The van der Waals surface area contributed by atoms with E-state index in [1.807, 2.05) is 30.3 Å². The molecule has 0 atom stereocenters. The van der Waals surface area contributed by atoms with E-state index in [1.54, 1.807) is 18.2 Å². The summed E-state index contributed by atoms with van der Waals surface area (Å²) in [5.41, 5.74) is 8.81. The summed E-state index contributed by atoms with van der Waals surface area (Å²) in [7, 11) is 0. The molecule has 2 aromatic carbocycles. The largest absolute Gasteiger partial charge is 0.367 e. The summed E-state index contributed by atoms with van der Waals surface area (Å²) in [6.07, 6.45) is 0. The predicted molar refractivity (Wildman–Crippen MR) is 81.8 cm³/mol. The number of aromatic nitrogens is 1. The summed E-state index contributed by atoms with van der Waals surface area (Å²) >= 11 is 12.2. The zero-order valence-electron chi connectivity index (χ0n) is 10.3. The molecule has 0 unspecified atom stereocenters. The molecule has 0 amide bonds. The zero-order chi connectivity index (χ0) is 14.1. The van der Waals surface area contributed by atoms with Gasteiger partial charge in [0.1, 0.15) is 5.69 Å². The van der Waals surface area contributed by atoms with Crippen LogP contribution in [0.25, 0.3) is 22.4 Å². The average molecular weight is 305 g/mol. The Hall–Kier alpha value is -1.97. The maximum atomic E-state index is 6.23. The number of rotatable bonds is 2. The lowest BCUT2D eigenvalue weighted by Gasteiger charge is -2.05.